The predicted octanol–water partition coefficient (Wildman–Crippen LogP) is 1.48. The lowest BCUT2D eigenvalue weighted by Crippen LogP contribution is -2.24. The van der Waals surface area contributed by atoms with Crippen LogP contribution >= 0.6 is 0 Å². The minimum Gasteiger partial charge on any atom is -0.491 e. The van der Waals surface area contributed by atoms with Gasteiger partial charge in [0.05, 0.1) is 25.5 Å². The molecule has 0 saturated heterocycles. The summed E-state index contributed by atoms with van der Waals surface area (Å²) < 4.78 is 15.5. The Balaban J connectivity index is 2.28. The van der Waals surface area contributed by atoms with E-state index in [1.165, 1.54) is 0 Å². The summed E-state index contributed by atoms with van der Waals surface area (Å²) in [6, 6.07) is 7.42. The van der Waals surface area contributed by atoms with Crippen LogP contribution < -0.4 is 4.74 Å². The van der Waals surface area contributed by atoms with Gasteiger partial charge in [-0.05, 0) is 24.6 Å². The fourth-order valence-corrected chi connectivity index (χ4v) is 1.64. The van der Waals surface area contributed by atoms with E-state index in [1.807, 2.05) is 24.3 Å². The summed E-state index contributed by atoms with van der Waals surface area (Å²) in [5.74, 6) is 0.674. The second kappa shape index (κ2) is 10.1. The minimum absolute atomic E-state index is 0.170. The Morgan fingerprint density at radius 3 is 2.52 bits per heavy atom. The zero-order valence-corrected chi connectivity index (χ0v) is 12.5. The Kier molecular flexibility index (Phi) is 8.42. The van der Waals surface area contributed by atoms with Gasteiger partial charge in [-0.3, -0.25) is 0 Å². The van der Waals surface area contributed by atoms with Crippen LogP contribution in [0.25, 0.3) is 0 Å². The van der Waals surface area contributed by atoms with E-state index in [0.29, 0.717) is 31.1 Å². The number of oxime groups is 1. The van der Waals surface area contributed by atoms with Crippen molar-refractivity contribution in [1.29, 1.82) is 0 Å². The third-order valence-corrected chi connectivity index (χ3v) is 2.74. The van der Waals surface area contributed by atoms with Crippen LogP contribution in [0, 0.1) is 0 Å². The molecule has 0 aromatic heterocycles. The number of ether oxygens (including phenoxy) is 3. The summed E-state index contributed by atoms with van der Waals surface area (Å²) in [6.45, 7) is 3.10. The molecule has 1 aromatic rings. The number of rotatable bonds is 10. The normalized spacial score (nSPS) is 13.2. The van der Waals surface area contributed by atoms with Crippen molar-refractivity contribution in [3.8, 4) is 5.75 Å². The van der Waals surface area contributed by atoms with Gasteiger partial charge in [-0.15, -0.1) is 0 Å². The van der Waals surface area contributed by atoms with E-state index < -0.39 is 6.10 Å². The molecule has 0 heterocycles. The molecule has 0 saturated carbocycles. The summed E-state index contributed by atoms with van der Waals surface area (Å²) in [5, 5.41) is 21.4. The first-order chi connectivity index (χ1) is 10.2. The predicted molar refractivity (Wildman–Crippen MR) is 79.2 cm³/mol. The van der Waals surface area contributed by atoms with Gasteiger partial charge in [0.1, 0.15) is 18.5 Å². The number of aliphatic hydroxyl groups is 1. The van der Waals surface area contributed by atoms with Gasteiger partial charge in [-0.25, -0.2) is 0 Å². The van der Waals surface area contributed by atoms with Crippen molar-refractivity contribution < 1.29 is 24.5 Å². The Bertz CT molecular complexity index is 419. The van der Waals surface area contributed by atoms with Crippen molar-refractivity contribution in [2.24, 2.45) is 5.16 Å². The van der Waals surface area contributed by atoms with Crippen molar-refractivity contribution in [1.82, 2.24) is 0 Å². The average molecular weight is 297 g/mol. The third kappa shape index (κ3) is 7.65. The number of aliphatic hydroxyl groups excluding tert-OH is 1. The van der Waals surface area contributed by atoms with Gasteiger partial charge in [-0.2, -0.15) is 0 Å². The lowest BCUT2D eigenvalue weighted by atomic mass is 10.1. The monoisotopic (exact) mass is 297 g/mol. The summed E-state index contributed by atoms with van der Waals surface area (Å²) in [7, 11) is 1.60. The molecule has 6 nitrogen and oxygen atoms in total. The molecule has 0 aliphatic heterocycles. The van der Waals surface area contributed by atoms with E-state index >= 15 is 0 Å². The van der Waals surface area contributed by atoms with E-state index in [9.17, 15) is 5.11 Å². The fourth-order valence-electron chi connectivity index (χ4n) is 1.64. The molecule has 0 radical (unpaired) electrons. The fraction of sp³-hybridized carbons (Fsp3) is 0.533. The topological polar surface area (TPSA) is 80.5 Å². The first kappa shape index (κ1) is 17.4. The highest BCUT2D eigenvalue weighted by Crippen LogP contribution is 2.13. The molecule has 0 aliphatic rings. The Labute approximate surface area is 124 Å². The SMILES string of the molecule is COCCOCC(O)COc1ccc(C/C(C)=N/O)cc1. The average Bonchev–Trinajstić information content (AvgIpc) is 2.50. The molecule has 0 amide bonds. The van der Waals surface area contributed by atoms with Gasteiger partial charge in [-0.1, -0.05) is 17.3 Å². The Morgan fingerprint density at radius 2 is 1.90 bits per heavy atom. The van der Waals surface area contributed by atoms with Gasteiger partial charge in [0.25, 0.3) is 0 Å². The van der Waals surface area contributed by atoms with Gasteiger partial charge < -0.3 is 24.5 Å². The smallest absolute Gasteiger partial charge is 0.119 e. The second-order valence-electron chi connectivity index (χ2n) is 4.69. The molecule has 2 N–H and O–H groups in total. The number of hydrogen-bond acceptors (Lipinski definition) is 6. The van der Waals surface area contributed by atoms with Crippen LogP contribution in [0.1, 0.15) is 12.5 Å². The first-order valence-electron chi connectivity index (χ1n) is 6.79. The Morgan fingerprint density at radius 1 is 1.19 bits per heavy atom. The number of hydrogen-bond donors (Lipinski definition) is 2. The van der Waals surface area contributed by atoms with Gasteiger partial charge in [0, 0.05) is 13.5 Å². The maximum absolute atomic E-state index is 9.68. The molecule has 0 aliphatic carbocycles. The largest absolute Gasteiger partial charge is 0.491 e. The highest BCUT2D eigenvalue weighted by Gasteiger charge is 2.06. The molecule has 1 atom stereocenters. The van der Waals surface area contributed by atoms with E-state index in [1.54, 1.807) is 14.0 Å². The van der Waals surface area contributed by atoms with Crippen molar-refractivity contribution >= 4 is 5.71 Å². The molecular weight excluding hydrogens is 274 g/mol. The quantitative estimate of drug-likeness (QED) is 0.296. The van der Waals surface area contributed by atoms with Crippen LogP contribution in [0.2, 0.25) is 0 Å². The summed E-state index contributed by atoms with van der Waals surface area (Å²) in [6.07, 6.45) is -0.0856. The standard InChI is InChI=1S/C15H23NO5/c1-12(16-18)9-13-3-5-15(6-4-13)21-11-14(17)10-20-8-7-19-2/h3-6,14,17-18H,7-11H2,1-2H3/b16-12+. The van der Waals surface area contributed by atoms with E-state index in [2.05, 4.69) is 5.16 Å². The maximum atomic E-state index is 9.68. The molecule has 1 unspecified atom stereocenters. The summed E-state index contributed by atoms with van der Waals surface area (Å²) in [4.78, 5) is 0. The van der Waals surface area contributed by atoms with Crippen LogP contribution in [0.4, 0.5) is 0 Å². The van der Waals surface area contributed by atoms with Crippen LogP contribution in [0.3, 0.4) is 0 Å². The van der Waals surface area contributed by atoms with Crippen LogP contribution in [-0.4, -0.2) is 55.7 Å². The van der Waals surface area contributed by atoms with Gasteiger partial charge in [0.2, 0.25) is 0 Å². The van der Waals surface area contributed by atoms with Crippen molar-refractivity contribution in [2.45, 2.75) is 19.4 Å². The highest BCUT2D eigenvalue weighted by molar-refractivity contribution is 5.83. The van der Waals surface area contributed by atoms with Crippen LogP contribution in [0.5, 0.6) is 5.75 Å². The first-order valence-corrected chi connectivity index (χ1v) is 6.79. The molecule has 0 bridgehead atoms. The Hall–Kier alpha value is -1.63. The summed E-state index contributed by atoms with van der Waals surface area (Å²) in [5.41, 5.74) is 1.67. The molecular formula is C15H23NO5. The zero-order valence-electron chi connectivity index (χ0n) is 12.5. The molecule has 1 aromatic carbocycles. The lowest BCUT2D eigenvalue weighted by Gasteiger charge is -2.13. The zero-order chi connectivity index (χ0) is 15.5. The van der Waals surface area contributed by atoms with Crippen LogP contribution in [-0.2, 0) is 15.9 Å². The molecule has 0 fully saturated rings. The maximum Gasteiger partial charge on any atom is 0.119 e. The lowest BCUT2D eigenvalue weighted by molar-refractivity contribution is -0.00419. The van der Waals surface area contributed by atoms with Crippen molar-refractivity contribution in [2.75, 3.05) is 33.5 Å². The molecule has 21 heavy (non-hydrogen) atoms. The van der Waals surface area contributed by atoms with E-state index in [-0.39, 0.29) is 13.2 Å². The second-order valence-corrected chi connectivity index (χ2v) is 4.69. The molecule has 118 valence electrons. The minimum atomic E-state index is -0.676. The van der Waals surface area contributed by atoms with E-state index in [4.69, 9.17) is 19.4 Å². The number of nitrogens with zero attached hydrogens (tertiary/aromatic N) is 1. The van der Waals surface area contributed by atoms with Gasteiger partial charge >= 0.3 is 0 Å². The van der Waals surface area contributed by atoms with E-state index in [0.717, 1.165) is 5.56 Å². The highest BCUT2D eigenvalue weighted by atomic mass is 16.5. The molecule has 6 heteroatoms. The number of methoxy groups -OCH3 is 1. The molecule has 1 rings (SSSR count). The summed E-state index contributed by atoms with van der Waals surface area (Å²) >= 11 is 0. The van der Waals surface area contributed by atoms with Crippen LogP contribution in [0.15, 0.2) is 29.4 Å². The third-order valence-electron chi connectivity index (χ3n) is 2.74. The molecule has 0 spiro atoms. The van der Waals surface area contributed by atoms with Crippen molar-refractivity contribution in [3.05, 3.63) is 29.8 Å². The number of benzene rings is 1. The van der Waals surface area contributed by atoms with Gasteiger partial charge in [0.15, 0.2) is 0 Å². The van der Waals surface area contributed by atoms with Crippen molar-refractivity contribution in [3.63, 3.8) is 0 Å².